The van der Waals surface area contributed by atoms with Crippen molar-refractivity contribution < 1.29 is 18.1 Å². The van der Waals surface area contributed by atoms with Crippen molar-refractivity contribution in [1.82, 2.24) is 15.5 Å². The summed E-state index contributed by atoms with van der Waals surface area (Å²) in [7, 11) is 0. The van der Waals surface area contributed by atoms with Gasteiger partial charge >= 0.3 is 0 Å². The van der Waals surface area contributed by atoms with E-state index in [-0.39, 0.29) is 11.6 Å². The van der Waals surface area contributed by atoms with Crippen molar-refractivity contribution in [2.45, 2.75) is 51.5 Å². The van der Waals surface area contributed by atoms with Crippen LogP contribution in [0.5, 0.6) is 0 Å². The van der Waals surface area contributed by atoms with Crippen LogP contribution in [-0.2, 0) is 5.54 Å². The van der Waals surface area contributed by atoms with Crippen LogP contribution in [0.25, 0.3) is 0 Å². The van der Waals surface area contributed by atoms with Gasteiger partial charge in [-0.3, -0.25) is 4.79 Å². The van der Waals surface area contributed by atoms with E-state index in [9.17, 15) is 13.6 Å². The van der Waals surface area contributed by atoms with Gasteiger partial charge in [-0.15, -0.1) is 11.3 Å². The molecule has 0 bridgehead atoms. The highest BCUT2D eigenvalue weighted by atomic mass is 32.1. The summed E-state index contributed by atoms with van der Waals surface area (Å²) in [6, 6.07) is 1.17. The standard InChI is InChI=1S/C15H17F2N3O2S/c1-7-11(23-14(18-7)8-4-5-8)13(21)19-15(2,3)10-6-9(12(16)17)22-20-10/h6,8,12H,4-5H2,1-3H3,(H,19,21). The fourth-order valence-electron chi connectivity index (χ4n) is 2.22. The third kappa shape index (κ3) is 3.26. The van der Waals surface area contributed by atoms with Crippen LogP contribution >= 0.6 is 11.3 Å². The van der Waals surface area contributed by atoms with Crippen LogP contribution in [0.1, 0.15) is 70.9 Å². The van der Waals surface area contributed by atoms with E-state index in [4.69, 9.17) is 0 Å². The molecular formula is C15H17F2N3O2S. The number of carbonyl (C=O) groups is 1. The number of hydrogen-bond donors (Lipinski definition) is 1. The molecule has 0 saturated heterocycles. The first-order chi connectivity index (χ1) is 10.8. The lowest BCUT2D eigenvalue weighted by atomic mass is 10.0. The van der Waals surface area contributed by atoms with Gasteiger partial charge in [0.15, 0.2) is 0 Å². The summed E-state index contributed by atoms with van der Waals surface area (Å²) in [5.74, 6) is -0.303. The van der Waals surface area contributed by atoms with Gasteiger partial charge in [-0.1, -0.05) is 5.16 Å². The van der Waals surface area contributed by atoms with Crippen molar-refractivity contribution in [2.24, 2.45) is 0 Å². The lowest BCUT2D eigenvalue weighted by molar-refractivity contribution is 0.0910. The summed E-state index contributed by atoms with van der Waals surface area (Å²) < 4.78 is 29.8. The maximum atomic E-state index is 12.6. The largest absolute Gasteiger partial charge is 0.355 e. The van der Waals surface area contributed by atoms with Gasteiger partial charge in [0.2, 0.25) is 5.76 Å². The van der Waals surface area contributed by atoms with Gasteiger partial charge in [-0.2, -0.15) is 0 Å². The number of amides is 1. The number of aryl methyl sites for hydroxylation is 1. The Morgan fingerprint density at radius 2 is 2.17 bits per heavy atom. The van der Waals surface area contributed by atoms with Gasteiger partial charge < -0.3 is 9.84 Å². The minimum atomic E-state index is -2.73. The first-order valence-corrected chi connectivity index (χ1v) is 8.14. The minimum absolute atomic E-state index is 0.255. The van der Waals surface area contributed by atoms with Gasteiger partial charge in [0, 0.05) is 12.0 Å². The highest BCUT2D eigenvalue weighted by Crippen LogP contribution is 2.42. The number of carbonyl (C=O) groups excluding carboxylic acids is 1. The summed E-state index contributed by atoms with van der Waals surface area (Å²) in [4.78, 5) is 17.5. The molecule has 0 spiro atoms. The maximum absolute atomic E-state index is 12.6. The van der Waals surface area contributed by atoms with E-state index in [1.54, 1.807) is 20.8 Å². The molecule has 2 heterocycles. The van der Waals surface area contributed by atoms with Gasteiger partial charge in [-0.25, -0.2) is 13.8 Å². The fraction of sp³-hybridized carbons (Fsp3) is 0.533. The van der Waals surface area contributed by atoms with Crippen LogP contribution in [0.3, 0.4) is 0 Å². The van der Waals surface area contributed by atoms with Gasteiger partial charge in [0.25, 0.3) is 12.3 Å². The van der Waals surface area contributed by atoms with E-state index in [1.165, 1.54) is 17.4 Å². The summed E-state index contributed by atoms with van der Waals surface area (Å²) in [6.45, 7) is 5.18. The van der Waals surface area contributed by atoms with Crippen LogP contribution < -0.4 is 5.32 Å². The SMILES string of the molecule is Cc1nc(C2CC2)sc1C(=O)NC(C)(C)c1cc(C(F)F)on1. The Kier molecular flexibility index (Phi) is 3.95. The normalized spacial score (nSPS) is 15.2. The molecule has 0 atom stereocenters. The number of halogens is 2. The van der Waals surface area contributed by atoms with Crippen LogP contribution in [0.4, 0.5) is 8.78 Å². The molecule has 5 nitrogen and oxygen atoms in total. The molecule has 1 aliphatic rings. The topological polar surface area (TPSA) is 68.0 Å². The summed E-state index contributed by atoms with van der Waals surface area (Å²) in [5.41, 5.74) is 0.0218. The molecular weight excluding hydrogens is 324 g/mol. The highest BCUT2D eigenvalue weighted by Gasteiger charge is 2.32. The quantitative estimate of drug-likeness (QED) is 0.895. The number of alkyl halides is 2. The molecule has 124 valence electrons. The molecule has 1 N–H and O–H groups in total. The second-order valence-electron chi connectivity index (χ2n) is 6.24. The van der Waals surface area contributed by atoms with Crippen LogP contribution in [0.2, 0.25) is 0 Å². The molecule has 2 aromatic rings. The average molecular weight is 341 g/mol. The van der Waals surface area contributed by atoms with Crippen molar-refractivity contribution in [1.29, 1.82) is 0 Å². The first kappa shape index (κ1) is 16.0. The van der Waals surface area contributed by atoms with E-state index < -0.39 is 17.7 Å². The Labute approximate surface area is 136 Å². The Morgan fingerprint density at radius 1 is 1.48 bits per heavy atom. The molecule has 1 aliphatic carbocycles. The first-order valence-electron chi connectivity index (χ1n) is 7.33. The number of rotatable bonds is 5. The molecule has 1 amide bonds. The van der Waals surface area contributed by atoms with E-state index >= 15 is 0 Å². The zero-order chi connectivity index (χ0) is 16.8. The smallest absolute Gasteiger partial charge is 0.298 e. The highest BCUT2D eigenvalue weighted by molar-refractivity contribution is 7.14. The van der Waals surface area contributed by atoms with Crippen molar-refractivity contribution in [3.63, 3.8) is 0 Å². The van der Waals surface area contributed by atoms with Gasteiger partial charge in [0.05, 0.1) is 16.2 Å². The number of aromatic nitrogens is 2. The van der Waals surface area contributed by atoms with Crippen LogP contribution in [0, 0.1) is 6.92 Å². The Morgan fingerprint density at radius 3 is 2.74 bits per heavy atom. The molecule has 8 heteroatoms. The molecule has 3 rings (SSSR count). The van der Waals surface area contributed by atoms with Gasteiger partial charge in [0.1, 0.15) is 10.6 Å². The van der Waals surface area contributed by atoms with Crippen LogP contribution in [0.15, 0.2) is 10.6 Å². The lowest BCUT2D eigenvalue weighted by Crippen LogP contribution is -2.41. The van der Waals surface area contributed by atoms with Crippen molar-refractivity contribution in [3.8, 4) is 0 Å². The average Bonchev–Trinajstić information content (AvgIpc) is 3.03. The second-order valence-corrected chi connectivity index (χ2v) is 7.27. The molecule has 2 aromatic heterocycles. The Balaban J connectivity index is 1.77. The van der Waals surface area contributed by atoms with E-state index in [0.29, 0.717) is 16.5 Å². The number of nitrogens with one attached hydrogen (secondary N) is 1. The molecule has 0 radical (unpaired) electrons. The number of nitrogens with zero attached hydrogens (tertiary/aromatic N) is 2. The molecule has 1 saturated carbocycles. The van der Waals surface area contributed by atoms with Gasteiger partial charge in [-0.05, 0) is 33.6 Å². The fourth-order valence-corrected chi connectivity index (χ4v) is 3.36. The molecule has 23 heavy (non-hydrogen) atoms. The lowest BCUT2D eigenvalue weighted by Gasteiger charge is -2.23. The van der Waals surface area contributed by atoms with Crippen molar-refractivity contribution >= 4 is 17.2 Å². The van der Waals surface area contributed by atoms with Crippen LogP contribution in [-0.4, -0.2) is 16.0 Å². The predicted molar refractivity (Wildman–Crippen MR) is 80.8 cm³/mol. The third-order valence-electron chi connectivity index (χ3n) is 3.76. The summed E-state index contributed by atoms with van der Waals surface area (Å²) in [6.07, 6.45) is -0.489. The molecule has 1 fully saturated rings. The molecule has 0 aliphatic heterocycles. The van der Waals surface area contributed by atoms with E-state index in [1.807, 2.05) is 0 Å². The number of hydrogen-bond acceptors (Lipinski definition) is 5. The maximum Gasteiger partial charge on any atom is 0.298 e. The summed E-state index contributed by atoms with van der Waals surface area (Å²) in [5, 5.41) is 7.45. The minimum Gasteiger partial charge on any atom is -0.355 e. The Hall–Kier alpha value is -1.83. The molecule has 0 aromatic carbocycles. The third-order valence-corrected chi connectivity index (χ3v) is 5.07. The second kappa shape index (κ2) is 5.67. The predicted octanol–water partition coefficient (Wildman–Crippen LogP) is 3.92. The zero-order valence-corrected chi connectivity index (χ0v) is 13.8. The van der Waals surface area contributed by atoms with E-state index in [2.05, 4.69) is 20.0 Å². The van der Waals surface area contributed by atoms with Crippen molar-refractivity contribution in [2.75, 3.05) is 0 Å². The zero-order valence-electron chi connectivity index (χ0n) is 13.0. The summed E-state index contributed by atoms with van der Waals surface area (Å²) >= 11 is 1.40. The van der Waals surface area contributed by atoms with Crippen molar-refractivity contribution in [3.05, 3.63) is 33.1 Å². The number of thiazole rings is 1. The van der Waals surface area contributed by atoms with E-state index in [0.717, 1.165) is 17.8 Å². The monoisotopic (exact) mass is 341 g/mol. The molecule has 0 unspecified atom stereocenters. The Bertz CT molecular complexity index is 735.